The third kappa shape index (κ3) is 3.99. The van der Waals surface area contributed by atoms with Crippen LogP contribution in [-0.4, -0.2) is 6.61 Å². The van der Waals surface area contributed by atoms with Gasteiger partial charge in [-0.3, -0.25) is 0 Å². The van der Waals surface area contributed by atoms with Gasteiger partial charge in [0.15, 0.2) is 0 Å². The highest BCUT2D eigenvalue weighted by molar-refractivity contribution is 5.63. The second kappa shape index (κ2) is 6.79. The summed E-state index contributed by atoms with van der Waals surface area (Å²) >= 11 is 0. The van der Waals surface area contributed by atoms with Crippen LogP contribution in [0.25, 0.3) is 11.1 Å². The molecule has 0 heterocycles. The van der Waals surface area contributed by atoms with Gasteiger partial charge in [-0.05, 0) is 37.1 Å². The number of rotatable bonds is 5. The smallest absolute Gasteiger partial charge is 0.119 e. The van der Waals surface area contributed by atoms with Gasteiger partial charge in [-0.15, -0.1) is 0 Å². The van der Waals surface area contributed by atoms with E-state index in [1.807, 2.05) is 18.2 Å². The van der Waals surface area contributed by atoms with Crippen molar-refractivity contribution in [2.45, 2.75) is 20.3 Å². The highest BCUT2D eigenvalue weighted by atomic mass is 16.5. The van der Waals surface area contributed by atoms with E-state index in [2.05, 4.69) is 56.3 Å². The Bertz CT molecular complexity index is 523. The van der Waals surface area contributed by atoms with Crippen LogP contribution >= 0.6 is 0 Å². The molecule has 0 unspecified atom stereocenters. The molecule has 19 heavy (non-hydrogen) atoms. The average Bonchev–Trinajstić information content (AvgIpc) is 2.48. The molecule has 2 rings (SSSR count). The fourth-order valence-electron chi connectivity index (χ4n) is 1.85. The zero-order chi connectivity index (χ0) is 13.5. The first-order valence-corrected chi connectivity index (χ1v) is 6.69. The van der Waals surface area contributed by atoms with Gasteiger partial charge in [-0.1, -0.05) is 54.1 Å². The zero-order valence-electron chi connectivity index (χ0n) is 11.6. The predicted molar refractivity (Wildman–Crippen MR) is 81.4 cm³/mol. The Morgan fingerprint density at radius 2 is 1.58 bits per heavy atom. The van der Waals surface area contributed by atoms with E-state index in [4.69, 9.17) is 4.74 Å². The van der Waals surface area contributed by atoms with Crippen molar-refractivity contribution in [1.29, 1.82) is 0 Å². The van der Waals surface area contributed by atoms with E-state index in [-0.39, 0.29) is 0 Å². The fraction of sp³-hybridized carbons (Fsp3) is 0.222. The van der Waals surface area contributed by atoms with Gasteiger partial charge in [0.2, 0.25) is 0 Å². The first-order valence-electron chi connectivity index (χ1n) is 6.69. The summed E-state index contributed by atoms with van der Waals surface area (Å²) in [6.45, 7) is 4.92. The van der Waals surface area contributed by atoms with Crippen molar-refractivity contribution in [2.24, 2.45) is 0 Å². The van der Waals surface area contributed by atoms with Crippen LogP contribution in [0.2, 0.25) is 0 Å². The molecule has 2 aromatic carbocycles. The van der Waals surface area contributed by atoms with Crippen molar-refractivity contribution in [3.8, 4) is 16.9 Å². The third-order valence-electron chi connectivity index (χ3n) is 3.22. The lowest BCUT2D eigenvalue weighted by Crippen LogP contribution is -1.97. The lowest BCUT2D eigenvalue weighted by Gasteiger charge is -2.07. The predicted octanol–water partition coefficient (Wildman–Crippen LogP) is 5.09. The summed E-state index contributed by atoms with van der Waals surface area (Å²) in [5.41, 5.74) is 3.82. The number of hydrogen-bond donors (Lipinski definition) is 0. The summed E-state index contributed by atoms with van der Waals surface area (Å²) in [6, 6.07) is 18.7. The summed E-state index contributed by atoms with van der Waals surface area (Å²) in [4.78, 5) is 0. The van der Waals surface area contributed by atoms with Crippen LogP contribution in [0.4, 0.5) is 0 Å². The third-order valence-corrected chi connectivity index (χ3v) is 3.22. The summed E-state index contributed by atoms with van der Waals surface area (Å²) in [5.74, 6) is 0.934. The molecular formula is C18H20O. The Labute approximate surface area is 115 Å². The van der Waals surface area contributed by atoms with Crippen molar-refractivity contribution in [3.63, 3.8) is 0 Å². The lowest BCUT2D eigenvalue weighted by atomic mass is 10.1. The Balaban J connectivity index is 1.95. The topological polar surface area (TPSA) is 9.23 Å². The summed E-state index contributed by atoms with van der Waals surface area (Å²) in [6.07, 6.45) is 3.11. The molecule has 0 radical (unpaired) electrons. The molecule has 0 aliphatic carbocycles. The number of hydrogen-bond acceptors (Lipinski definition) is 1. The first-order chi connectivity index (χ1) is 9.29. The molecule has 98 valence electrons. The van der Waals surface area contributed by atoms with Gasteiger partial charge in [0.05, 0.1) is 6.61 Å². The summed E-state index contributed by atoms with van der Waals surface area (Å²) in [7, 11) is 0. The van der Waals surface area contributed by atoms with E-state index < -0.39 is 0 Å². The van der Waals surface area contributed by atoms with Gasteiger partial charge >= 0.3 is 0 Å². The molecule has 0 saturated carbocycles. The van der Waals surface area contributed by atoms with Crippen LogP contribution in [-0.2, 0) is 0 Å². The molecular weight excluding hydrogens is 232 g/mol. The van der Waals surface area contributed by atoms with Crippen LogP contribution in [0.1, 0.15) is 20.3 Å². The van der Waals surface area contributed by atoms with Crippen molar-refractivity contribution in [3.05, 3.63) is 66.2 Å². The molecule has 0 spiro atoms. The molecule has 2 aromatic rings. The molecule has 0 fully saturated rings. The molecule has 0 N–H and O–H groups in total. The Kier molecular flexibility index (Phi) is 4.79. The van der Waals surface area contributed by atoms with Crippen molar-refractivity contribution >= 4 is 0 Å². The maximum absolute atomic E-state index is 5.73. The maximum atomic E-state index is 5.73. The largest absolute Gasteiger partial charge is 0.493 e. The highest BCUT2D eigenvalue weighted by Crippen LogP contribution is 2.22. The monoisotopic (exact) mass is 252 g/mol. The Morgan fingerprint density at radius 1 is 0.947 bits per heavy atom. The molecule has 0 atom stereocenters. The van der Waals surface area contributed by atoms with Crippen LogP contribution in [0.5, 0.6) is 5.75 Å². The number of allylic oxidation sites excluding steroid dienone is 1. The minimum atomic E-state index is 0.737. The average molecular weight is 252 g/mol. The second-order valence-corrected chi connectivity index (χ2v) is 4.62. The van der Waals surface area contributed by atoms with Crippen LogP contribution in [0.15, 0.2) is 66.2 Å². The molecule has 1 heteroatoms. The molecule has 0 aromatic heterocycles. The molecule has 0 aliphatic heterocycles. The first kappa shape index (κ1) is 13.4. The quantitative estimate of drug-likeness (QED) is 0.673. The van der Waals surface area contributed by atoms with Crippen molar-refractivity contribution in [1.82, 2.24) is 0 Å². The van der Waals surface area contributed by atoms with E-state index in [0.717, 1.165) is 18.8 Å². The van der Waals surface area contributed by atoms with E-state index in [1.54, 1.807) is 0 Å². The number of benzene rings is 2. The van der Waals surface area contributed by atoms with E-state index >= 15 is 0 Å². The van der Waals surface area contributed by atoms with E-state index in [1.165, 1.54) is 16.7 Å². The van der Waals surface area contributed by atoms with Crippen molar-refractivity contribution in [2.75, 3.05) is 6.61 Å². The minimum absolute atomic E-state index is 0.737. The van der Waals surface area contributed by atoms with E-state index in [9.17, 15) is 0 Å². The van der Waals surface area contributed by atoms with Crippen LogP contribution in [0.3, 0.4) is 0 Å². The van der Waals surface area contributed by atoms with Gasteiger partial charge in [-0.25, -0.2) is 0 Å². The zero-order valence-corrected chi connectivity index (χ0v) is 11.6. The van der Waals surface area contributed by atoms with Crippen molar-refractivity contribution < 1.29 is 4.74 Å². The van der Waals surface area contributed by atoms with Gasteiger partial charge in [0.25, 0.3) is 0 Å². The molecule has 0 aliphatic rings. The SMILES string of the molecule is CC=C(C)CCOc1ccc(-c2ccccc2)cc1. The van der Waals surface area contributed by atoms with Gasteiger partial charge in [0.1, 0.15) is 5.75 Å². The van der Waals surface area contributed by atoms with Gasteiger partial charge in [-0.2, -0.15) is 0 Å². The van der Waals surface area contributed by atoms with Crippen LogP contribution in [0, 0.1) is 0 Å². The Morgan fingerprint density at radius 3 is 2.21 bits per heavy atom. The van der Waals surface area contributed by atoms with Crippen LogP contribution < -0.4 is 4.74 Å². The summed E-state index contributed by atoms with van der Waals surface area (Å²) < 4.78 is 5.73. The Hall–Kier alpha value is -2.02. The lowest BCUT2D eigenvalue weighted by molar-refractivity contribution is 0.321. The highest BCUT2D eigenvalue weighted by Gasteiger charge is 1.98. The van der Waals surface area contributed by atoms with Gasteiger partial charge < -0.3 is 4.74 Å². The van der Waals surface area contributed by atoms with Gasteiger partial charge in [0, 0.05) is 6.42 Å². The molecule has 0 saturated heterocycles. The minimum Gasteiger partial charge on any atom is -0.493 e. The fourth-order valence-corrected chi connectivity index (χ4v) is 1.85. The molecule has 1 nitrogen and oxygen atoms in total. The normalized spacial score (nSPS) is 11.4. The number of ether oxygens (including phenoxy) is 1. The summed E-state index contributed by atoms with van der Waals surface area (Å²) in [5, 5.41) is 0. The molecule has 0 bridgehead atoms. The standard InChI is InChI=1S/C18H20O/c1-3-15(2)13-14-19-18-11-9-17(10-12-18)16-7-5-4-6-8-16/h3-12H,13-14H2,1-2H3. The molecule has 0 amide bonds. The maximum Gasteiger partial charge on any atom is 0.119 e. The second-order valence-electron chi connectivity index (χ2n) is 4.62. The van der Waals surface area contributed by atoms with E-state index in [0.29, 0.717) is 0 Å².